The highest BCUT2D eigenvalue weighted by atomic mass is 79.9. The van der Waals surface area contributed by atoms with Crippen LogP contribution in [0.5, 0.6) is 11.5 Å². The van der Waals surface area contributed by atoms with Gasteiger partial charge in [0, 0.05) is 9.72 Å². The third-order valence-electron chi connectivity index (χ3n) is 8.54. The molecule has 7 heteroatoms. The summed E-state index contributed by atoms with van der Waals surface area (Å²) in [6, 6.07) is 32.6. The van der Waals surface area contributed by atoms with E-state index in [4.69, 9.17) is 18.9 Å². The first kappa shape index (κ1) is 31.2. The maximum Gasteiger partial charge on any atom is 0.165 e. The summed E-state index contributed by atoms with van der Waals surface area (Å²) in [5.74, 6) is 1.72. The minimum absolute atomic E-state index is 0.169. The molecule has 5 atom stereocenters. The second-order valence-corrected chi connectivity index (χ2v) is 13.9. The predicted molar refractivity (Wildman–Crippen MR) is 179 cm³/mol. The Morgan fingerprint density at radius 1 is 0.818 bits per heavy atom. The zero-order valence-corrected chi connectivity index (χ0v) is 27.6. The summed E-state index contributed by atoms with van der Waals surface area (Å²) in [5, 5.41) is 13.0. The van der Waals surface area contributed by atoms with Gasteiger partial charge in [-0.25, -0.2) is 0 Å². The van der Waals surface area contributed by atoms with Crippen LogP contribution in [0.2, 0.25) is 0 Å². The average Bonchev–Trinajstić information content (AvgIpc) is 3.06. The van der Waals surface area contributed by atoms with Crippen LogP contribution >= 0.6 is 27.7 Å². The Bertz CT molecular complexity index is 1530. The van der Waals surface area contributed by atoms with E-state index in [1.54, 1.807) is 11.8 Å². The Morgan fingerprint density at radius 2 is 1.48 bits per heavy atom. The fraction of sp³-hybridized carbons (Fsp3) is 0.351. The molecule has 1 unspecified atom stereocenters. The molecule has 2 heterocycles. The molecule has 1 saturated heterocycles. The van der Waals surface area contributed by atoms with Gasteiger partial charge in [-0.2, -0.15) is 0 Å². The van der Waals surface area contributed by atoms with Gasteiger partial charge >= 0.3 is 0 Å². The number of hydrogen-bond donors (Lipinski definition) is 1. The lowest BCUT2D eigenvalue weighted by Crippen LogP contribution is -2.56. The Labute approximate surface area is 273 Å². The van der Waals surface area contributed by atoms with E-state index in [1.807, 2.05) is 60.7 Å². The number of thioether (sulfide) groups is 1. The zero-order chi connectivity index (χ0) is 30.5. The normalized spacial score (nSPS) is 24.6. The van der Waals surface area contributed by atoms with Gasteiger partial charge in [-0.05, 0) is 64.8 Å². The van der Waals surface area contributed by atoms with Crippen LogP contribution in [0.25, 0.3) is 0 Å². The molecule has 0 aromatic heterocycles. The minimum atomic E-state index is -1.33. The van der Waals surface area contributed by atoms with E-state index in [9.17, 15) is 5.11 Å². The maximum absolute atomic E-state index is 12.8. The van der Waals surface area contributed by atoms with Gasteiger partial charge in [-0.3, -0.25) is 0 Å². The van der Waals surface area contributed by atoms with Crippen molar-refractivity contribution in [2.45, 2.75) is 62.3 Å². The third kappa shape index (κ3) is 6.87. The molecular weight excluding hydrogens is 636 g/mol. The van der Waals surface area contributed by atoms with Crippen molar-refractivity contribution >= 4 is 27.7 Å². The van der Waals surface area contributed by atoms with Gasteiger partial charge in [0.1, 0.15) is 19.3 Å². The highest BCUT2D eigenvalue weighted by Gasteiger charge is 2.54. The van der Waals surface area contributed by atoms with Crippen molar-refractivity contribution in [1.29, 1.82) is 0 Å². The first-order chi connectivity index (χ1) is 21.4. The van der Waals surface area contributed by atoms with E-state index in [2.05, 4.69) is 66.2 Å². The van der Waals surface area contributed by atoms with E-state index in [1.165, 1.54) is 0 Å². The van der Waals surface area contributed by atoms with Crippen LogP contribution in [-0.4, -0.2) is 35.8 Å². The Morgan fingerprint density at radius 3 is 2.16 bits per heavy atom. The van der Waals surface area contributed by atoms with Crippen molar-refractivity contribution in [3.05, 3.63) is 129 Å². The first-order valence-corrected chi connectivity index (χ1v) is 17.0. The summed E-state index contributed by atoms with van der Waals surface area (Å²) in [7, 11) is 0. The second kappa shape index (κ2) is 14.1. The van der Waals surface area contributed by atoms with E-state index < -0.39 is 11.0 Å². The summed E-state index contributed by atoms with van der Waals surface area (Å²) in [4.78, 5) is -1.33. The lowest BCUT2D eigenvalue weighted by Gasteiger charge is -2.50. The van der Waals surface area contributed by atoms with Crippen LogP contribution < -0.4 is 9.47 Å². The van der Waals surface area contributed by atoms with E-state index in [0.717, 1.165) is 50.2 Å². The summed E-state index contributed by atoms with van der Waals surface area (Å²) >= 11 is 5.38. The van der Waals surface area contributed by atoms with Crippen LogP contribution in [0.3, 0.4) is 0 Å². The Balaban J connectivity index is 1.34. The fourth-order valence-electron chi connectivity index (χ4n) is 6.13. The van der Waals surface area contributed by atoms with Gasteiger partial charge in [-0.15, -0.1) is 11.8 Å². The maximum atomic E-state index is 12.8. The van der Waals surface area contributed by atoms with Crippen LogP contribution in [0.1, 0.15) is 48.1 Å². The van der Waals surface area contributed by atoms with Crippen molar-refractivity contribution in [2.75, 3.05) is 13.2 Å². The van der Waals surface area contributed by atoms with Crippen LogP contribution in [0, 0.1) is 5.92 Å². The van der Waals surface area contributed by atoms with Gasteiger partial charge in [-0.1, -0.05) is 109 Å². The van der Waals surface area contributed by atoms with E-state index in [-0.39, 0.29) is 17.3 Å². The van der Waals surface area contributed by atoms with Gasteiger partial charge in [0.15, 0.2) is 16.4 Å². The lowest BCUT2D eigenvalue weighted by molar-refractivity contribution is -0.168. The van der Waals surface area contributed by atoms with Gasteiger partial charge in [0.2, 0.25) is 0 Å². The van der Waals surface area contributed by atoms with Gasteiger partial charge in [0.05, 0.1) is 19.3 Å². The van der Waals surface area contributed by atoms with Gasteiger partial charge < -0.3 is 24.1 Å². The van der Waals surface area contributed by atoms with Crippen LogP contribution in [0.4, 0.5) is 0 Å². The first-order valence-electron chi connectivity index (χ1n) is 15.3. The molecule has 230 valence electrons. The summed E-state index contributed by atoms with van der Waals surface area (Å²) in [5.41, 5.74) is 5.15. The van der Waals surface area contributed by atoms with Crippen molar-refractivity contribution in [3.63, 3.8) is 0 Å². The molecule has 0 aliphatic carbocycles. The summed E-state index contributed by atoms with van der Waals surface area (Å²) < 4.78 is 26.0. The molecular formula is C37H39BrO5S. The number of rotatable bonds is 10. The monoisotopic (exact) mass is 674 g/mol. The summed E-state index contributed by atoms with van der Waals surface area (Å²) in [6.45, 7) is 6.36. The molecule has 1 fully saturated rings. The number of ether oxygens (including phenoxy) is 4. The van der Waals surface area contributed by atoms with Crippen molar-refractivity contribution in [3.8, 4) is 11.5 Å². The second-order valence-electron chi connectivity index (χ2n) is 11.6. The summed E-state index contributed by atoms with van der Waals surface area (Å²) in [6.07, 6.45) is 0.659. The average molecular weight is 676 g/mol. The third-order valence-corrected chi connectivity index (χ3v) is 11.2. The Kier molecular flexibility index (Phi) is 9.99. The number of benzene rings is 4. The number of halogens is 1. The molecule has 1 N–H and O–H groups in total. The van der Waals surface area contributed by atoms with E-state index >= 15 is 0 Å². The molecule has 4 aromatic rings. The molecule has 6 rings (SSSR count). The number of fused-ring (bicyclic) bond motifs is 1. The highest BCUT2D eigenvalue weighted by Crippen LogP contribution is 2.52. The van der Waals surface area contributed by atoms with Gasteiger partial charge in [0.25, 0.3) is 0 Å². The van der Waals surface area contributed by atoms with Crippen molar-refractivity contribution in [1.82, 2.24) is 0 Å². The molecule has 4 aromatic carbocycles. The Hall–Kier alpha value is -2.81. The predicted octanol–water partition coefficient (Wildman–Crippen LogP) is 8.29. The molecule has 0 spiro atoms. The molecule has 0 radical (unpaired) electrons. The quantitative estimate of drug-likeness (QED) is 0.183. The highest BCUT2D eigenvalue weighted by molar-refractivity contribution is 9.10. The van der Waals surface area contributed by atoms with E-state index in [0.29, 0.717) is 32.8 Å². The topological polar surface area (TPSA) is 57.2 Å². The number of aliphatic hydroxyl groups is 1. The smallest absolute Gasteiger partial charge is 0.165 e. The molecule has 0 bridgehead atoms. The fourth-order valence-corrected chi connectivity index (χ4v) is 8.11. The standard InChI is InChI=1S/C37H39BrO5S/c1-3-34-25(2)35(42-23-26-10-6-4-7-11-26)36(43-24-27-12-8-5-9-13-27)37(39,44-34)30-15-16-31(38)29(22-30)20-28-14-17-32-33(21-28)41-19-18-40-32/h4-17,21-22,25,34-36,39H,3,18-20,23-24H2,1-2H3/t25-,34-,35+,36-,37?/m1/s1. The number of hydrogen-bond acceptors (Lipinski definition) is 6. The molecule has 2 aliphatic heterocycles. The molecule has 5 nitrogen and oxygen atoms in total. The lowest BCUT2D eigenvalue weighted by atomic mass is 9.87. The molecule has 2 aliphatic rings. The molecule has 0 saturated carbocycles. The molecule has 44 heavy (non-hydrogen) atoms. The largest absolute Gasteiger partial charge is 0.486 e. The van der Waals surface area contributed by atoms with Crippen LogP contribution in [0.15, 0.2) is 102 Å². The van der Waals surface area contributed by atoms with Crippen molar-refractivity contribution < 1.29 is 24.1 Å². The SMILES string of the molecule is CC[C@H]1SC(O)(c2ccc(Br)c(Cc3ccc4c(c3)OCCO4)c2)[C@H](OCc2ccccc2)[C@@H](OCc2ccccc2)[C@@H]1C. The van der Waals surface area contributed by atoms with Crippen molar-refractivity contribution in [2.24, 2.45) is 5.92 Å². The minimum Gasteiger partial charge on any atom is -0.486 e. The molecule has 0 amide bonds. The zero-order valence-electron chi connectivity index (χ0n) is 25.2. The van der Waals surface area contributed by atoms with Crippen LogP contribution in [-0.2, 0) is 34.0 Å².